The highest BCUT2D eigenvalue weighted by Gasteiger charge is 2.11. The van der Waals surface area contributed by atoms with Crippen LogP contribution in [0, 0.1) is 0 Å². The third-order valence-electron chi connectivity index (χ3n) is 6.19. The van der Waals surface area contributed by atoms with E-state index in [0.717, 1.165) is 0 Å². The van der Waals surface area contributed by atoms with E-state index in [2.05, 4.69) is 23.1 Å². The molecule has 5 rings (SSSR count). The zero-order valence-corrected chi connectivity index (χ0v) is 21.4. The number of fused-ring (bicyclic) bond motifs is 2. The van der Waals surface area contributed by atoms with E-state index in [9.17, 15) is 19.2 Å². The van der Waals surface area contributed by atoms with Crippen LogP contribution < -0.4 is 20.3 Å². The molecule has 0 fully saturated rings. The Hall–Kier alpha value is -5.50. The van der Waals surface area contributed by atoms with Gasteiger partial charge in [-0.2, -0.15) is 0 Å². The molecule has 0 spiro atoms. The molecule has 0 saturated heterocycles. The number of H-pyrrole nitrogens is 2. The van der Waals surface area contributed by atoms with E-state index in [4.69, 9.17) is 9.47 Å². The third kappa shape index (κ3) is 5.51. The topological polar surface area (TPSA) is 118 Å². The maximum atomic E-state index is 13.1. The molecule has 3 aromatic carbocycles. The Bertz CT molecular complexity index is 1760. The lowest BCUT2D eigenvalue weighted by atomic mass is 10.1. The summed E-state index contributed by atoms with van der Waals surface area (Å²) in [6, 6.07) is 19.8. The highest BCUT2D eigenvalue weighted by Crippen LogP contribution is 2.26. The van der Waals surface area contributed by atoms with Crippen LogP contribution in [0.1, 0.15) is 12.8 Å². The number of pyridine rings is 2. The molecular weight excluding hydrogens is 508 g/mol. The summed E-state index contributed by atoms with van der Waals surface area (Å²) in [6.07, 6.45) is 3.15. The van der Waals surface area contributed by atoms with Crippen LogP contribution in [0.3, 0.4) is 0 Å². The van der Waals surface area contributed by atoms with Gasteiger partial charge in [0.25, 0.3) is 0 Å². The number of hydrogen-bond acceptors (Lipinski definition) is 6. The Kier molecular flexibility index (Phi) is 7.24. The van der Waals surface area contributed by atoms with Crippen molar-refractivity contribution in [2.75, 3.05) is 0 Å². The summed E-state index contributed by atoms with van der Waals surface area (Å²) in [5.74, 6) is -0.0568. The molecule has 0 amide bonds. The molecule has 0 aliphatic heterocycles. The maximum Gasteiger partial charge on any atom is 0.315 e. The first-order chi connectivity index (χ1) is 19.3. The molecule has 40 heavy (non-hydrogen) atoms. The molecule has 0 saturated carbocycles. The number of hydrogen-bond donors (Lipinski definition) is 2. The molecule has 2 heterocycles. The highest BCUT2D eigenvalue weighted by atomic mass is 16.5. The Labute approximate surface area is 228 Å². The van der Waals surface area contributed by atoms with Crippen LogP contribution in [0.15, 0.2) is 108 Å². The summed E-state index contributed by atoms with van der Waals surface area (Å²) in [4.78, 5) is 56.0. The van der Waals surface area contributed by atoms with E-state index in [1.54, 1.807) is 60.7 Å². The van der Waals surface area contributed by atoms with Crippen LogP contribution in [0.25, 0.3) is 44.3 Å². The van der Waals surface area contributed by atoms with E-state index in [0.29, 0.717) is 55.8 Å². The number of rotatable bonds is 8. The summed E-state index contributed by atoms with van der Waals surface area (Å²) in [5, 5.41) is 0.840. The van der Waals surface area contributed by atoms with Crippen LogP contribution in [-0.2, 0) is 9.59 Å². The van der Waals surface area contributed by atoms with Gasteiger partial charge in [0.05, 0.1) is 23.9 Å². The largest absolute Gasteiger partial charge is 0.426 e. The monoisotopic (exact) mass is 532 g/mol. The summed E-state index contributed by atoms with van der Waals surface area (Å²) in [6.45, 7) is 7.03. The SMILES string of the molecule is C=CCC(=O)Oc1ccc(-c2cc(=O)c3cc4[nH]c(-c5ccc(OC(=O)CC=C)cc5)cc(=O)c4cc3[nH]2)cc1. The normalized spacial score (nSPS) is 10.8. The van der Waals surface area contributed by atoms with Gasteiger partial charge in [-0.25, -0.2) is 0 Å². The highest BCUT2D eigenvalue weighted by molar-refractivity contribution is 5.96. The van der Waals surface area contributed by atoms with Crippen molar-refractivity contribution in [3.05, 3.63) is 119 Å². The Morgan fingerprint density at radius 1 is 0.625 bits per heavy atom. The number of aromatic amines is 2. The first-order valence-corrected chi connectivity index (χ1v) is 12.4. The smallest absolute Gasteiger partial charge is 0.315 e. The summed E-state index contributed by atoms with van der Waals surface area (Å²) < 4.78 is 10.5. The van der Waals surface area contributed by atoms with Crippen molar-refractivity contribution >= 4 is 33.7 Å². The fraction of sp³-hybridized carbons (Fsp3) is 0.0625. The molecule has 198 valence electrons. The number of ether oxygens (including phenoxy) is 2. The van der Waals surface area contributed by atoms with Gasteiger partial charge in [-0.3, -0.25) is 19.2 Å². The molecule has 0 aliphatic carbocycles. The Morgan fingerprint density at radius 3 is 1.35 bits per heavy atom. The van der Waals surface area contributed by atoms with Crippen molar-refractivity contribution in [1.29, 1.82) is 0 Å². The van der Waals surface area contributed by atoms with Gasteiger partial charge in [-0.15, -0.1) is 13.2 Å². The van der Waals surface area contributed by atoms with Crippen LogP contribution in [0.5, 0.6) is 11.5 Å². The summed E-state index contributed by atoms with van der Waals surface area (Å²) in [5.41, 5.74) is 3.13. The van der Waals surface area contributed by atoms with E-state index >= 15 is 0 Å². The van der Waals surface area contributed by atoms with Gasteiger partial charge in [0.1, 0.15) is 11.5 Å². The minimum Gasteiger partial charge on any atom is -0.426 e. The molecule has 0 atom stereocenters. The number of carbonyl (C=O) groups excluding carboxylic acids is 2. The van der Waals surface area contributed by atoms with E-state index in [1.807, 2.05) is 0 Å². The third-order valence-corrected chi connectivity index (χ3v) is 6.19. The van der Waals surface area contributed by atoms with Crippen LogP contribution in [0.2, 0.25) is 0 Å². The molecule has 8 nitrogen and oxygen atoms in total. The lowest BCUT2D eigenvalue weighted by molar-refractivity contribution is -0.134. The molecule has 5 aromatic rings. The van der Waals surface area contributed by atoms with E-state index in [1.165, 1.54) is 24.3 Å². The van der Waals surface area contributed by atoms with E-state index < -0.39 is 11.9 Å². The lowest BCUT2D eigenvalue weighted by Gasteiger charge is -2.09. The van der Waals surface area contributed by atoms with Gasteiger partial charge in [0, 0.05) is 34.3 Å². The van der Waals surface area contributed by atoms with Crippen LogP contribution >= 0.6 is 0 Å². The standard InChI is InChI=1S/C32H24N2O6/c1-3-5-31(37)39-21-11-7-19(8-12-21)25-17-29(35)23-16-28-24(15-27(23)33-25)30(36)18-26(34-28)20-9-13-22(14-10-20)40-32(38)6-4-2/h3-4,7-18H,1-2,5-6H2,(H,33,35)(H,34,36). The van der Waals surface area contributed by atoms with E-state index in [-0.39, 0.29) is 23.7 Å². The van der Waals surface area contributed by atoms with Gasteiger partial charge in [-0.1, -0.05) is 12.2 Å². The molecule has 2 aromatic heterocycles. The molecule has 0 radical (unpaired) electrons. The first kappa shape index (κ1) is 26.1. The van der Waals surface area contributed by atoms with Gasteiger partial charge in [-0.05, 0) is 71.8 Å². The Morgan fingerprint density at radius 2 is 1.00 bits per heavy atom. The fourth-order valence-electron chi connectivity index (χ4n) is 4.29. The summed E-state index contributed by atoms with van der Waals surface area (Å²) >= 11 is 0. The molecular formula is C32H24N2O6. The summed E-state index contributed by atoms with van der Waals surface area (Å²) in [7, 11) is 0. The van der Waals surface area contributed by atoms with Crippen molar-refractivity contribution in [1.82, 2.24) is 9.97 Å². The fourth-order valence-corrected chi connectivity index (χ4v) is 4.29. The zero-order valence-electron chi connectivity index (χ0n) is 21.4. The molecule has 0 unspecified atom stereocenters. The quantitative estimate of drug-likeness (QED) is 0.115. The number of carbonyl (C=O) groups is 2. The second-order valence-corrected chi connectivity index (χ2v) is 9.02. The van der Waals surface area contributed by atoms with Gasteiger partial charge in [0.15, 0.2) is 10.9 Å². The minimum atomic E-state index is -0.413. The van der Waals surface area contributed by atoms with Gasteiger partial charge >= 0.3 is 11.9 Å². The second-order valence-electron chi connectivity index (χ2n) is 9.02. The predicted octanol–water partition coefficient (Wildman–Crippen LogP) is 5.67. The second kappa shape index (κ2) is 11.1. The molecule has 2 N–H and O–H groups in total. The van der Waals surface area contributed by atoms with Crippen molar-refractivity contribution in [3.8, 4) is 34.0 Å². The van der Waals surface area contributed by atoms with Crippen molar-refractivity contribution < 1.29 is 19.1 Å². The van der Waals surface area contributed by atoms with Gasteiger partial charge in [0.2, 0.25) is 0 Å². The predicted molar refractivity (Wildman–Crippen MR) is 154 cm³/mol. The lowest BCUT2D eigenvalue weighted by Crippen LogP contribution is -2.08. The molecule has 0 aliphatic rings. The van der Waals surface area contributed by atoms with Crippen molar-refractivity contribution in [2.45, 2.75) is 12.8 Å². The average molecular weight is 533 g/mol. The first-order valence-electron chi connectivity index (χ1n) is 12.4. The average Bonchev–Trinajstić information content (AvgIpc) is 2.93. The maximum absolute atomic E-state index is 13.1. The molecule has 8 heteroatoms. The Balaban J connectivity index is 1.47. The van der Waals surface area contributed by atoms with Crippen LogP contribution in [0.4, 0.5) is 0 Å². The zero-order chi connectivity index (χ0) is 28.2. The van der Waals surface area contributed by atoms with Crippen LogP contribution in [-0.4, -0.2) is 21.9 Å². The number of aromatic nitrogens is 2. The number of nitrogens with one attached hydrogen (secondary N) is 2. The van der Waals surface area contributed by atoms with Gasteiger partial charge < -0.3 is 19.4 Å². The number of esters is 2. The number of benzene rings is 3. The van der Waals surface area contributed by atoms with Crippen molar-refractivity contribution in [3.63, 3.8) is 0 Å². The minimum absolute atomic E-state index is 0.105. The molecule has 0 bridgehead atoms. The van der Waals surface area contributed by atoms with Crippen molar-refractivity contribution in [2.24, 2.45) is 0 Å².